The van der Waals surface area contributed by atoms with E-state index in [9.17, 15) is 0 Å². The number of hydrogen-bond donors (Lipinski definition) is 2. The first-order valence-corrected chi connectivity index (χ1v) is 11.5. The monoisotopic (exact) mass is 430 g/mol. The second-order valence-electron chi connectivity index (χ2n) is 8.19. The van der Waals surface area contributed by atoms with Crippen LogP contribution in [0.1, 0.15) is 41.5 Å². The molecule has 1 N–H and O–H groups in total. The number of thiol groups is 1. The Kier molecular flexibility index (Phi) is 7.39. The molecule has 1 fully saturated rings. The van der Waals surface area contributed by atoms with Gasteiger partial charge in [-0.2, -0.15) is 0 Å². The number of rotatable bonds is 8. The summed E-state index contributed by atoms with van der Waals surface area (Å²) in [4.78, 5) is 12.4. The Morgan fingerprint density at radius 2 is 1.68 bits per heavy atom. The molecule has 0 atom stereocenters. The van der Waals surface area contributed by atoms with Gasteiger partial charge in [0.05, 0.1) is 0 Å². The summed E-state index contributed by atoms with van der Waals surface area (Å²) >= 11 is 4.48. The van der Waals surface area contributed by atoms with Gasteiger partial charge < -0.3 is 10.2 Å². The maximum atomic E-state index is 4.48. The van der Waals surface area contributed by atoms with Crippen LogP contribution < -0.4 is 5.32 Å². The lowest BCUT2D eigenvalue weighted by molar-refractivity contribution is 0.334. The van der Waals surface area contributed by atoms with E-state index in [0.717, 1.165) is 28.1 Å². The highest BCUT2D eigenvalue weighted by atomic mass is 32.1. The predicted octanol–water partition coefficient (Wildman–Crippen LogP) is 6.02. The van der Waals surface area contributed by atoms with Crippen molar-refractivity contribution >= 4 is 36.4 Å². The van der Waals surface area contributed by atoms with Crippen LogP contribution in [0.2, 0.25) is 0 Å². The van der Waals surface area contributed by atoms with E-state index in [2.05, 4.69) is 82.2 Å². The van der Waals surface area contributed by atoms with Gasteiger partial charge in [-0.25, -0.2) is 9.97 Å². The zero-order valence-corrected chi connectivity index (χ0v) is 19.0. The molecule has 4 rings (SSSR count). The minimum Gasteiger partial charge on any atom is -0.324 e. The number of hydrogen-bond acceptors (Lipinski definition) is 5. The summed E-state index contributed by atoms with van der Waals surface area (Å²) in [5, 5.41) is 3.28. The third-order valence-corrected chi connectivity index (χ3v) is 6.20. The summed E-state index contributed by atoms with van der Waals surface area (Å²) in [6.07, 6.45) is 12.8. The maximum Gasteiger partial charge on any atom is 0.227 e. The molecule has 0 radical (unpaired) electrons. The van der Waals surface area contributed by atoms with E-state index in [1.165, 1.54) is 50.0 Å². The highest BCUT2D eigenvalue weighted by Crippen LogP contribution is 2.18. The molecule has 0 aliphatic carbocycles. The number of aromatic nitrogens is 2. The number of nitrogens with one attached hydrogen (secondary N) is 1. The number of nitrogens with zero attached hydrogens (tertiary/aromatic N) is 3. The van der Waals surface area contributed by atoms with Crippen molar-refractivity contribution in [3.63, 3.8) is 0 Å². The predicted molar refractivity (Wildman–Crippen MR) is 133 cm³/mol. The Morgan fingerprint density at radius 1 is 0.968 bits per heavy atom. The normalized spacial score (nSPS) is 14.4. The molecule has 4 nitrogen and oxygen atoms in total. The van der Waals surface area contributed by atoms with Gasteiger partial charge in [0.15, 0.2) is 0 Å². The molecule has 2 aromatic carbocycles. The zero-order chi connectivity index (χ0) is 21.5. The van der Waals surface area contributed by atoms with E-state index in [1.54, 1.807) is 0 Å². The van der Waals surface area contributed by atoms with Crippen molar-refractivity contribution in [2.75, 3.05) is 25.0 Å². The average Bonchev–Trinajstić information content (AvgIpc) is 3.30. The van der Waals surface area contributed by atoms with Crippen molar-refractivity contribution < 1.29 is 0 Å². The van der Waals surface area contributed by atoms with E-state index in [4.69, 9.17) is 0 Å². The zero-order valence-electron chi connectivity index (χ0n) is 18.1. The standard InChI is InChI=1S/C26H30N4S/c1-20-6-7-22(17-25(20)31)8-9-23-18-27-26(28-19-23)29-24-12-10-21(11-13-24)5-4-16-30-14-2-3-15-30/h6-13,17-19,31H,2-5,14-16H2,1H3,(H,27,28,29)/b9-8+. The molecule has 0 saturated carbocycles. The van der Waals surface area contributed by atoms with E-state index in [-0.39, 0.29) is 0 Å². The minimum absolute atomic E-state index is 0.604. The topological polar surface area (TPSA) is 41.1 Å². The molecule has 1 aromatic heterocycles. The van der Waals surface area contributed by atoms with Crippen LogP contribution in [-0.4, -0.2) is 34.5 Å². The number of anilines is 2. The SMILES string of the molecule is Cc1ccc(/C=C/c2cnc(Nc3ccc(CCCN4CCCC4)cc3)nc2)cc1S. The van der Waals surface area contributed by atoms with Gasteiger partial charge in [-0.3, -0.25) is 0 Å². The van der Waals surface area contributed by atoms with Crippen molar-refractivity contribution in [2.45, 2.75) is 37.5 Å². The van der Waals surface area contributed by atoms with Crippen LogP contribution >= 0.6 is 12.6 Å². The lowest BCUT2D eigenvalue weighted by Gasteiger charge is -2.14. The Bertz CT molecular complexity index is 1010. The van der Waals surface area contributed by atoms with E-state index < -0.39 is 0 Å². The van der Waals surface area contributed by atoms with Crippen LogP contribution in [0.3, 0.4) is 0 Å². The number of benzene rings is 2. The molecule has 5 heteroatoms. The molecule has 0 unspecified atom stereocenters. The molecule has 0 amide bonds. The van der Waals surface area contributed by atoms with E-state index >= 15 is 0 Å². The lowest BCUT2D eigenvalue weighted by Crippen LogP contribution is -2.20. The average molecular weight is 431 g/mol. The van der Waals surface area contributed by atoms with Gasteiger partial charge in [0.2, 0.25) is 5.95 Å². The Morgan fingerprint density at radius 3 is 2.39 bits per heavy atom. The molecule has 3 aromatic rings. The molecule has 31 heavy (non-hydrogen) atoms. The highest BCUT2D eigenvalue weighted by Gasteiger charge is 2.10. The van der Waals surface area contributed by atoms with E-state index in [1.807, 2.05) is 24.5 Å². The first-order chi connectivity index (χ1) is 15.2. The van der Waals surface area contributed by atoms with Crippen molar-refractivity contribution in [3.8, 4) is 0 Å². The molecule has 2 heterocycles. The Hall–Kier alpha value is -2.63. The first kappa shape index (κ1) is 21.6. The molecule has 160 valence electrons. The summed E-state index contributed by atoms with van der Waals surface area (Å²) in [5.74, 6) is 0.604. The fourth-order valence-electron chi connectivity index (χ4n) is 3.81. The van der Waals surface area contributed by atoms with Crippen LogP contribution in [0.5, 0.6) is 0 Å². The van der Waals surface area contributed by atoms with Gasteiger partial charge in [0.1, 0.15) is 0 Å². The van der Waals surface area contributed by atoms with Crippen LogP contribution in [0.4, 0.5) is 11.6 Å². The molecule has 1 aliphatic heterocycles. The molecule has 1 saturated heterocycles. The number of likely N-dealkylation sites (tertiary alicyclic amines) is 1. The summed E-state index contributed by atoms with van der Waals surface area (Å²) < 4.78 is 0. The van der Waals surface area contributed by atoms with Gasteiger partial charge >= 0.3 is 0 Å². The molecule has 0 bridgehead atoms. The largest absolute Gasteiger partial charge is 0.324 e. The summed E-state index contributed by atoms with van der Waals surface area (Å²) in [6.45, 7) is 5.83. The Labute approximate surface area is 190 Å². The molecule has 0 spiro atoms. The molecule has 1 aliphatic rings. The van der Waals surface area contributed by atoms with Gasteiger partial charge in [0, 0.05) is 28.5 Å². The van der Waals surface area contributed by atoms with E-state index in [0.29, 0.717) is 5.95 Å². The smallest absolute Gasteiger partial charge is 0.227 e. The first-order valence-electron chi connectivity index (χ1n) is 11.0. The van der Waals surface area contributed by atoms with Crippen LogP contribution in [0, 0.1) is 6.92 Å². The number of aryl methyl sites for hydroxylation is 2. The van der Waals surface area contributed by atoms with Crippen LogP contribution in [0.15, 0.2) is 59.8 Å². The fourth-order valence-corrected chi connectivity index (χ4v) is 4.03. The van der Waals surface area contributed by atoms with Crippen LogP contribution in [-0.2, 0) is 6.42 Å². The van der Waals surface area contributed by atoms with Gasteiger partial charge in [-0.05, 0) is 87.1 Å². The summed E-state index contributed by atoms with van der Waals surface area (Å²) in [7, 11) is 0. The van der Waals surface area contributed by atoms with Gasteiger partial charge in [-0.1, -0.05) is 36.4 Å². The Balaban J connectivity index is 1.28. The molecular weight excluding hydrogens is 400 g/mol. The van der Waals surface area contributed by atoms with Crippen molar-refractivity contribution in [3.05, 3.63) is 77.1 Å². The third kappa shape index (κ3) is 6.42. The van der Waals surface area contributed by atoms with Gasteiger partial charge in [0.25, 0.3) is 0 Å². The minimum atomic E-state index is 0.604. The third-order valence-electron chi connectivity index (χ3n) is 5.72. The highest BCUT2D eigenvalue weighted by molar-refractivity contribution is 7.80. The van der Waals surface area contributed by atoms with Gasteiger partial charge in [-0.15, -0.1) is 12.6 Å². The van der Waals surface area contributed by atoms with Crippen LogP contribution in [0.25, 0.3) is 12.2 Å². The molecular formula is C26H30N4S. The maximum absolute atomic E-state index is 4.48. The summed E-state index contributed by atoms with van der Waals surface area (Å²) in [5.41, 5.74) is 5.63. The van der Waals surface area contributed by atoms with Crippen molar-refractivity contribution in [1.29, 1.82) is 0 Å². The summed E-state index contributed by atoms with van der Waals surface area (Å²) in [6, 6.07) is 14.8. The fraction of sp³-hybridized carbons (Fsp3) is 0.308. The second kappa shape index (κ2) is 10.6. The lowest BCUT2D eigenvalue weighted by atomic mass is 10.1. The second-order valence-corrected chi connectivity index (χ2v) is 8.68. The quantitative estimate of drug-likeness (QED) is 0.429. The van der Waals surface area contributed by atoms with Crippen molar-refractivity contribution in [1.82, 2.24) is 14.9 Å². The van der Waals surface area contributed by atoms with Crippen molar-refractivity contribution in [2.24, 2.45) is 0 Å².